The van der Waals surface area contributed by atoms with Gasteiger partial charge < -0.3 is 4.90 Å². The van der Waals surface area contributed by atoms with Crippen LogP contribution in [0.15, 0.2) is 48.5 Å². The number of hydrogen-bond donors (Lipinski definition) is 2. The maximum Gasteiger partial charge on any atom is 0.229 e. The van der Waals surface area contributed by atoms with Gasteiger partial charge in [0.25, 0.3) is 0 Å². The van der Waals surface area contributed by atoms with Crippen LogP contribution in [-0.2, 0) is 11.3 Å². The molecule has 2 N–H and O–H groups in total. The Morgan fingerprint density at radius 2 is 1.88 bits per heavy atom. The van der Waals surface area contributed by atoms with Crippen molar-refractivity contribution in [1.29, 1.82) is 0 Å². The van der Waals surface area contributed by atoms with E-state index in [-0.39, 0.29) is 23.7 Å². The molecule has 1 aliphatic heterocycles. The Morgan fingerprint density at radius 3 is 2.54 bits per heavy atom. The van der Waals surface area contributed by atoms with Gasteiger partial charge in [-0.25, -0.2) is 9.82 Å². The van der Waals surface area contributed by atoms with Crippen LogP contribution in [-0.4, -0.2) is 24.4 Å². The van der Waals surface area contributed by atoms with Gasteiger partial charge in [0.15, 0.2) is 0 Å². The summed E-state index contributed by atoms with van der Waals surface area (Å²) in [4.78, 5) is 14.5. The van der Waals surface area contributed by atoms with Crippen molar-refractivity contribution in [2.24, 2.45) is 5.92 Å². The zero-order valence-corrected chi connectivity index (χ0v) is 14.1. The summed E-state index contributed by atoms with van der Waals surface area (Å²) in [6.45, 7) is 1.05. The number of nitrogens with one attached hydrogen (secondary N) is 2. The van der Waals surface area contributed by atoms with Crippen LogP contribution >= 0.6 is 11.6 Å². The number of nitrogens with zero attached hydrogens (tertiary/aromatic N) is 1. The van der Waals surface area contributed by atoms with Crippen molar-refractivity contribution < 1.29 is 9.18 Å². The van der Waals surface area contributed by atoms with Gasteiger partial charge in [0.2, 0.25) is 5.91 Å². The minimum Gasteiger partial charge on any atom is -0.341 e. The molecule has 0 saturated carbocycles. The summed E-state index contributed by atoms with van der Waals surface area (Å²) in [7, 11) is 1.79. The highest BCUT2D eigenvalue weighted by atomic mass is 35.5. The summed E-state index contributed by atoms with van der Waals surface area (Å²) in [6, 6.07) is 13.5. The average molecular weight is 348 g/mol. The van der Waals surface area contributed by atoms with Gasteiger partial charge in [-0.2, -0.15) is 0 Å². The van der Waals surface area contributed by atoms with Crippen molar-refractivity contribution in [2.75, 3.05) is 13.6 Å². The minimum absolute atomic E-state index is 0.0387. The van der Waals surface area contributed by atoms with E-state index in [1.165, 1.54) is 12.1 Å². The molecule has 0 spiro atoms. The number of benzene rings is 2. The molecule has 1 fully saturated rings. The lowest BCUT2D eigenvalue weighted by Crippen LogP contribution is -2.36. The third-order valence-corrected chi connectivity index (χ3v) is 4.49. The van der Waals surface area contributed by atoms with Gasteiger partial charge in [-0.05, 0) is 35.4 Å². The molecule has 24 heavy (non-hydrogen) atoms. The summed E-state index contributed by atoms with van der Waals surface area (Å²) in [5, 5.41) is 0.674. The van der Waals surface area contributed by atoms with E-state index in [0.29, 0.717) is 18.1 Å². The highest BCUT2D eigenvalue weighted by molar-refractivity contribution is 6.30. The number of hydrazine groups is 1. The zero-order valence-electron chi connectivity index (χ0n) is 13.3. The maximum absolute atomic E-state index is 13.1. The molecule has 2 atom stereocenters. The number of rotatable bonds is 4. The lowest BCUT2D eigenvalue weighted by atomic mass is 9.93. The van der Waals surface area contributed by atoms with Crippen molar-refractivity contribution in [3.05, 3.63) is 70.5 Å². The summed E-state index contributed by atoms with van der Waals surface area (Å²) >= 11 is 5.89. The minimum atomic E-state index is -0.285. The van der Waals surface area contributed by atoms with Gasteiger partial charge in [0.1, 0.15) is 5.82 Å². The molecule has 0 bridgehead atoms. The molecule has 2 aromatic carbocycles. The van der Waals surface area contributed by atoms with Crippen molar-refractivity contribution in [3.8, 4) is 0 Å². The topological polar surface area (TPSA) is 44.4 Å². The fourth-order valence-corrected chi connectivity index (χ4v) is 3.06. The second-order valence-corrected chi connectivity index (χ2v) is 6.42. The SMILES string of the molecule is CN(Cc1ccc(Cl)cc1)C(=O)C1CNNC1c1ccc(F)cc1. The van der Waals surface area contributed by atoms with Crippen LogP contribution in [0.25, 0.3) is 0 Å². The number of hydrogen-bond acceptors (Lipinski definition) is 3. The fourth-order valence-electron chi connectivity index (χ4n) is 2.94. The predicted molar refractivity (Wildman–Crippen MR) is 91.7 cm³/mol. The zero-order chi connectivity index (χ0) is 17.1. The number of amides is 1. The molecule has 6 heteroatoms. The summed E-state index contributed by atoms with van der Waals surface area (Å²) in [5.41, 5.74) is 8.06. The molecule has 1 aliphatic rings. The third kappa shape index (κ3) is 3.75. The van der Waals surface area contributed by atoms with Gasteiger partial charge >= 0.3 is 0 Å². The second-order valence-electron chi connectivity index (χ2n) is 5.98. The first kappa shape index (κ1) is 16.9. The Morgan fingerprint density at radius 1 is 1.21 bits per heavy atom. The number of halogens is 2. The summed E-state index contributed by atoms with van der Waals surface area (Å²) < 4.78 is 13.1. The van der Waals surface area contributed by atoms with E-state index in [2.05, 4.69) is 10.9 Å². The van der Waals surface area contributed by atoms with E-state index in [4.69, 9.17) is 11.6 Å². The van der Waals surface area contributed by atoms with Crippen molar-refractivity contribution in [3.63, 3.8) is 0 Å². The van der Waals surface area contributed by atoms with Crippen LogP contribution in [0.1, 0.15) is 17.2 Å². The Bertz CT molecular complexity index is 705. The molecule has 4 nitrogen and oxygen atoms in total. The highest BCUT2D eigenvalue weighted by Gasteiger charge is 2.35. The van der Waals surface area contributed by atoms with Crippen LogP contribution in [0.3, 0.4) is 0 Å². The molecule has 0 aromatic heterocycles. The molecule has 2 unspecified atom stereocenters. The molecule has 126 valence electrons. The van der Waals surface area contributed by atoms with Gasteiger partial charge in [0, 0.05) is 25.2 Å². The smallest absolute Gasteiger partial charge is 0.229 e. The second kappa shape index (κ2) is 7.30. The van der Waals surface area contributed by atoms with E-state index < -0.39 is 0 Å². The molecule has 1 amide bonds. The number of carbonyl (C=O) groups excluding carboxylic acids is 1. The van der Waals surface area contributed by atoms with Crippen LogP contribution < -0.4 is 10.9 Å². The van der Waals surface area contributed by atoms with Crippen molar-refractivity contribution in [2.45, 2.75) is 12.6 Å². The van der Waals surface area contributed by atoms with Crippen molar-refractivity contribution in [1.82, 2.24) is 15.8 Å². The van der Waals surface area contributed by atoms with Crippen molar-refractivity contribution >= 4 is 17.5 Å². The normalized spacial score (nSPS) is 20.1. The lowest BCUT2D eigenvalue weighted by molar-refractivity contribution is -0.134. The van der Waals surface area contributed by atoms with E-state index >= 15 is 0 Å². The molecule has 2 aromatic rings. The quantitative estimate of drug-likeness (QED) is 0.894. The molecule has 0 radical (unpaired) electrons. The number of carbonyl (C=O) groups is 1. The van der Waals surface area contributed by atoms with E-state index in [1.54, 1.807) is 24.1 Å². The summed E-state index contributed by atoms with van der Waals surface area (Å²) in [5.74, 6) is -0.489. The lowest BCUT2D eigenvalue weighted by Gasteiger charge is -2.24. The molecule has 1 saturated heterocycles. The monoisotopic (exact) mass is 347 g/mol. The van der Waals surface area contributed by atoms with E-state index in [1.807, 2.05) is 24.3 Å². The van der Waals surface area contributed by atoms with Crippen LogP contribution in [0, 0.1) is 11.7 Å². The maximum atomic E-state index is 13.1. The standard InChI is InChI=1S/C18H19ClFN3O/c1-23(11-12-2-6-14(19)7-3-12)18(24)16-10-21-22-17(16)13-4-8-15(20)9-5-13/h2-9,16-17,21-22H,10-11H2,1H3. The molecule has 1 heterocycles. The van der Waals surface area contributed by atoms with E-state index in [0.717, 1.165) is 11.1 Å². The third-order valence-electron chi connectivity index (χ3n) is 4.24. The van der Waals surface area contributed by atoms with Gasteiger partial charge in [-0.1, -0.05) is 35.9 Å². The van der Waals surface area contributed by atoms with Crippen LogP contribution in [0.4, 0.5) is 4.39 Å². The Kier molecular flexibility index (Phi) is 5.14. The molecule has 3 rings (SSSR count). The first-order valence-corrected chi connectivity index (χ1v) is 8.15. The van der Waals surface area contributed by atoms with E-state index in [9.17, 15) is 9.18 Å². The van der Waals surface area contributed by atoms with Gasteiger partial charge in [-0.3, -0.25) is 10.2 Å². The average Bonchev–Trinajstić information content (AvgIpc) is 3.06. The first-order chi connectivity index (χ1) is 11.5. The Labute approximate surface area is 145 Å². The highest BCUT2D eigenvalue weighted by Crippen LogP contribution is 2.27. The van der Waals surface area contributed by atoms with Gasteiger partial charge in [0.05, 0.1) is 12.0 Å². The molecular formula is C18H19ClFN3O. The first-order valence-electron chi connectivity index (χ1n) is 7.78. The summed E-state index contributed by atoms with van der Waals surface area (Å²) in [6.07, 6.45) is 0. The molecular weight excluding hydrogens is 329 g/mol. The Hall–Kier alpha value is -1.95. The predicted octanol–water partition coefficient (Wildman–Crippen LogP) is 2.90. The van der Waals surface area contributed by atoms with Gasteiger partial charge in [-0.15, -0.1) is 0 Å². The van der Waals surface area contributed by atoms with Crippen LogP contribution in [0.5, 0.6) is 0 Å². The molecule has 0 aliphatic carbocycles. The Balaban J connectivity index is 1.70. The van der Waals surface area contributed by atoms with Crippen LogP contribution in [0.2, 0.25) is 5.02 Å². The largest absolute Gasteiger partial charge is 0.341 e. The fraction of sp³-hybridized carbons (Fsp3) is 0.278.